The first kappa shape index (κ1) is 21.4. The predicted molar refractivity (Wildman–Crippen MR) is 123 cm³/mol. The van der Waals surface area contributed by atoms with Crippen molar-refractivity contribution in [3.63, 3.8) is 0 Å². The van der Waals surface area contributed by atoms with Crippen LogP contribution in [0.4, 0.5) is 15.8 Å². The molecule has 0 spiro atoms. The summed E-state index contributed by atoms with van der Waals surface area (Å²) in [5.41, 5.74) is 4.52. The minimum atomic E-state index is -0.299. The lowest BCUT2D eigenvalue weighted by atomic mass is 9.94. The van der Waals surface area contributed by atoms with E-state index in [9.17, 15) is 14.0 Å². The molecule has 1 saturated heterocycles. The van der Waals surface area contributed by atoms with Crippen molar-refractivity contribution in [3.05, 3.63) is 76.3 Å². The summed E-state index contributed by atoms with van der Waals surface area (Å²) in [6.07, 6.45) is 2.77. The number of benzene rings is 1. The van der Waals surface area contributed by atoms with Crippen molar-refractivity contribution >= 4 is 23.1 Å². The van der Waals surface area contributed by atoms with Gasteiger partial charge in [0.1, 0.15) is 11.6 Å². The van der Waals surface area contributed by atoms with E-state index in [4.69, 9.17) is 9.40 Å². The Morgan fingerprint density at radius 3 is 2.82 bits per heavy atom. The lowest BCUT2D eigenvalue weighted by molar-refractivity contribution is 0.0755. The largest absolute Gasteiger partial charge is 0.455 e. The van der Waals surface area contributed by atoms with Gasteiger partial charge in [-0.3, -0.25) is 14.6 Å². The van der Waals surface area contributed by atoms with E-state index >= 15 is 0 Å². The van der Waals surface area contributed by atoms with Crippen LogP contribution in [0.2, 0.25) is 0 Å². The number of halogens is 1. The summed E-state index contributed by atoms with van der Waals surface area (Å²) in [7, 11) is 0. The van der Waals surface area contributed by atoms with Crippen LogP contribution in [-0.2, 0) is 6.42 Å². The minimum absolute atomic E-state index is 0.0677. The summed E-state index contributed by atoms with van der Waals surface area (Å²) in [5.74, 6) is 0.639. The Labute approximate surface area is 191 Å². The average molecular weight is 448 g/mol. The zero-order chi connectivity index (χ0) is 23.1. The molecule has 0 radical (unpaired) electrons. The van der Waals surface area contributed by atoms with Crippen molar-refractivity contribution < 1.29 is 18.4 Å². The second kappa shape index (κ2) is 8.46. The number of carbonyl (C=O) groups is 2. The smallest absolute Gasteiger partial charge is 0.289 e. The van der Waals surface area contributed by atoms with Crippen molar-refractivity contribution in [3.8, 4) is 0 Å². The number of Topliss-reactive ketones (excluding diaryl/α,β-unsaturated/α-hetero) is 1. The first-order valence-electron chi connectivity index (χ1n) is 11.3. The maximum absolute atomic E-state index is 13.5. The second-order valence-electron chi connectivity index (χ2n) is 8.93. The highest BCUT2D eigenvalue weighted by molar-refractivity contribution is 6.03. The monoisotopic (exact) mass is 447 g/mol. The maximum Gasteiger partial charge on any atom is 0.289 e. The van der Waals surface area contributed by atoms with E-state index in [1.54, 1.807) is 17.9 Å². The highest BCUT2D eigenvalue weighted by Crippen LogP contribution is 2.33. The highest BCUT2D eigenvalue weighted by Gasteiger charge is 2.34. The number of ketones is 1. The number of anilines is 2. The van der Waals surface area contributed by atoms with E-state index < -0.39 is 0 Å². The molecule has 0 unspecified atom stereocenters. The van der Waals surface area contributed by atoms with Crippen LogP contribution in [0.5, 0.6) is 0 Å². The van der Waals surface area contributed by atoms with Crippen LogP contribution in [0.25, 0.3) is 0 Å². The molecule has 1 amide bonds. The van der Waals surface area contributed by atoms with Gasteiger partial charge in [-0.05, 0) is 57.0 Å². The summed E-state index contributed by atoms with van der Waals surface area (Å²) in [5, 5.41) is 3.24. The van der Waals surface area contributed by atoms with Crippen molar-refractivity contribution in [2.24, 2.45) is 0 Å². The fourth-order valence-electron chi connectivity index (χ4n) is 4.89. The third-order valence-corrected chi connectivity index (χ3v) is 6.48. The Balaban J connectivity index is 1.34. The highest BCUT2D eigenvalue weighted by atomic mass is 19.1. The van der Waals surface area contributed by atoms with Crippen molar-refractivity contribution in [2.75, 3.05) is 18.4 Å². The molecule has 7 heteroatoms. The molecule has 1 aromatic carbocycles. The fourth-order valence-corrected chi connectivity index (χ4v) is 4.89. The number of furan rings is 1. The van der Waals surface area contributed by atoms with Crippen molar-refractivity contribution in [1.29, 1.82) is 0 Å². The number of rotatable bonds is 4. The molecular formula is C26H26FN3O3. The number of amides is 1. The van der Waals surface area contributed by atoms with Gasteiger partial charge in [-0.15, -0.1) is 0 Å². The molecule has 0 saturated carbocycles. The van der Waals surface area contributed by atoms with Crippen LogP contribution in [-0.4, -0.2) is 34.7 Å². The number of likely N-dealkylation sites (tertiary alicyclic amines) is 1. The SMILES string of the molecule is Cc1cc(Nc2cccc(F)c2)cc([C@H]2CCN(C(=O)c3oc4c(c3C)C(=O)CCC4)C2)n1. The number of carbonyl (C=O) groups excluding carboxylic acids is 2. The van der Waals surface area contributed by atoms with E-state index in [2.05, 4.69) is 5.32 Å². The number of nitrogens with one attached hydrogen (secondary N) is 1. The topological polar surface area (TPSA) is 75.4 Å². The first-order valence-corrected chi connectivity index (χ1v) is 11.3. The molecule has 5 rings (SSSR count). The Bertz CT molecular complexity index is 1250. The van der Waals surface area contributed by atoms with Crippen LogP contribution in [0.3, 0.4) is 0 Å². The van der Waals surface area contributed by atoms with Crippen molar-refractivity contribution in [2.45, 2.75) is 45.4 Å². The van der Waals surface area contributed by atoms with Crippen molar-refractivity contribution in [1.82, 2.24) is 9.88 Å². The summed E-state index contributed by atoms with van der Waals surface area (Å²) in [4.78, 5) is 32.0. The number of pyridine rings is 1. The zero-order valence-electron chi connectivity index (χ0n) is 18.8. The lowest BCUT2D eigenvalue weighted by Gasteiger charge is -2.16. The summed E-state index contributed by atoms with van der Waals surface area (Å²) in [6.45, 7) is 4.86. The van der Waals surface area contributed by atoms with Gasteiger partial charge in [-0.25, -0.2) is 4.39 Å². The van der Waals surface area contributed by atoms with Crippen LogP contribution >= 0.6 is 0 Å². The molecule has 3 aromatic rings. The van der Waals surface area contributed by atoms with Gasteiger partial charge in [0.05, 0.1) is 5.56 Å². The minimum Gasteiger partial charge on any atom is -0.455 e. The quantitative estimate of drug-likeness (QED) is 0.586. The Morgan fingerprint density at radius 2 is 2.03 bits per heavy atom. The first-order chi connectivity index (χ1) is 15.9. The van der Waals surface area contributed by atoms with E-state index in [0.29, 0.717) is 54.3 Å². The Kier molecular flexibility index (Phi) is 5.48. The summed E-state index contributed by atoms with van der Waals surface area (Å²) >= 11 is 0. The number of fused-ring (bicyclic) bond motifs is 1. The lowest BCUT2D eigenvalue weighted by Crippen LogP contribution is -2.28. The van der Waals surface area contributed by atoms with Gasteiger partial charge in [0.25, 0.3) is 5.91 Å². The molecule has 3 heterocycles. The normalized spacial score (nSPS) is 17.8. The third-order valence-electron chi connectivity index (χ3n) is 6.48. The van der Waals surface area contributed by atoms with E-state index in [1.165, 1.54) is 12.1 Å². The van der Waals surface area contributed by atoms with Gasteiger partial charge in [0.15, 0.2) is 11.5 Å². The molecule has 1 aliphatic heterocycles. The maximum atomic E-state index is 13.5. The predicted octanol–water partition coefficient (Wildman–Crippen LogP) is 5.32. The summed E-state index contributed by atoms with van der Waals surface area (Å²) in [6, 6.07) is 10.2. The number of aromatic nitrogens is 1. The third kappa shape index (κ3) is 4.15. The van der Waals surface area contributed by atoms with Crippen LogP contribution in [0.15, 0.2) is 40.8 Å². The Hall–Kier alpha value is -3.48. The molecule has 0 bridgehead atoms. The molecule has 1 fully saturated rings. The number of nitrogens with zero attached hydrogens (tertiary/aromatic N) is 2. The summed E-state index contributed by atoms with van der Waals surface area (Å²) < 4.78 is 19.4. The second-order valence-corrected chi connectivity index (χ2v) is 8.93. The fraction of sp³-hybridized carbons (Fsp3) is 0.346. The number of hydrogen-bond donors (Lipinski definition) is 1. The molecular weight excluding hydrogens is 421 g/mol. The number of aryl methyl sites for hydroxylation is 2. The molecule has 1 aliphatic carbocycles. The molecule has 1 atom stereocenters. The molecule has 2 aromatic heterocycles. The molecule has 1 N–H and O–H groups in total. The molecule has 170 valence electrons. The van der Waals surface area contributed by atoms with Gasteiger partial charge >= 0.3 is 0 Å². The van der Waals surface area contributed by atoms with Gasteiger partial charge in [0.2, 0.25) is 0 Å². The van der Waals surface area contributed by atoms with Gasteiger partial charge < -0.3 is 14.6 Å². The van der Waals surface area contributed by atoms with E-state index in [1.807, 2.05) is 25.1 Å². The Morgan fingerprint density at radius 1 is 1.18 bits per heavy atom. The van der Waals surface area contributed by atoms with Gasteiger partial charge in [-0.2, -0.15) is 0 Å². The zero-order valence-corrected chi connectivity index (χ0v) is 18.8. The van der Waals surface area contributed by atoms with E-state index in [0.717, 1.165) is 29.9 Å². The average Bonchev–Trinajstić information content (AvgIpc) is 3.39. The van der Waals surface area contributed by atoms with Crippen LogP contribution < -0.4 is 5.32 Å². The van der Waals surface area contributed by atoms with Crippen LogP contribution in [0, 0.1) is 19.7 Å². The number of hydrogen-bond acceptors (Lipinski definition) is 5. The molecule has 2 aliphatic rings. The van der Waals surface area contributed by atoms with E-state index in [-0.39, 0.29) is 23.4 Å². The standard InChI is InChI=1S/C26H26FN3O3/c1-15-11-20(29-19-6-3-5-18(27)12-19)13-21(28-15)17-9-10-30(14-17)26(32)25-16(2)24-22(31)7-4-8-23(24)33-25/h3,5-6,11-13,17H,4,7-10,14H2,1-2H3,(H,28,29)/t17-/m0/s1. The van der Waals surface area contributed by atoms with Gasteiger partial charge in [-0.1, -0.05) is 6.07 Å². The van der Waals surface area contributed by atoms with Gasteiger partial charge in [0, 0.05) is 60.2 Å². The molecule has 6 nitrogen and oxygen atoms in total. The molecule has 33 heavy (non-hydrogen) atoms. The van der Waals surface area contributed by atoms with Crippen LogP contribution in [0.1, 0.15) is 68.8 Å².